The molecule has 0 aliphatic rings. The van der Waals surface area contributed by atoms with Crippen molar-refractivity contribution in [3.05, 3.63) is 48.4 Å². The Hall–Kier alpha value is -2.43. The predicted molar refractivity (Wildman–Crippen MR) is 76.7 cm³/mol. The maximum atomic E-state index is 5.41. The zero-order valence-electron chi connectivity index (χ0n) is 11.5. The Labute approximate surface area is 117 Å². The van der Waals surface area contributed by atoms with Gasteiger partial charge in [0.05, 0.1) is 25.2 Å². The van der Waals surface area contributed by atoms with Crippen LogP contribution in [-0.2, 0) is 0 Å². The van der Waals surface area contributed by atoms with Crippen molar-refractivity contribution in [2.75, 3.05) is 6.61 Å². The third-order valence-electron chi connectivity index (χ3n) is 3.25. The van der Waals surface area contributed by atoms with Crippen molar-refractivity contribution < 1.29 is 4.74 Å². The second-order valence-electron chi connectivity index (χ2n) is 4.53. The number of hydrogen-bond donors (Lipinski definition) is 0. The SMILES string of the molecule is CCOc1cnc2ncn([C@@H](C)c3ccccc3)c2n1. The third-order valence-corrected chi connectivity index (χ3v) is 3.25. The Morgan fingerprint density at radius 2 is 2.00 bits per heavy atom. The predicted octanol–water partition coefficient (Wildman–Crippen LogP) is 2.83. The van der Waals surface area contributed by atoms with Crippen molar-refractivity contribution in [3.63, 3.8) is 0 Å². The average Bonchev–Trinajstić information content (AvgIpc) is 2.91. The van der Waals surface area contributed by atoms with Gasteiger partial charge in [0.25, 0.3) is 0 Å². The van der Waals surface area contributed by atoms with Crippen LogP contribution >= 0.6 is 0 Å². The molecule has 2 aromatic heterocycles. The van der Waals surface area contributed by atoms with Crippen molar-refractivity contribution >= 4 is 11.3 Å². The van der Waals surface area contributed by atoms with Gasteiger partial charge >= 0.3 is 0 Å². The van der Waals surface area contributed by atoms with Crippen LogP contribution in [0.1, 0.15) is 25.5 Å². The lowest BCUT2D eigenvalue weighted by Crippen LogP contribution is -2.07. The molecule has 0 saturated heterocycles. The van der Waals surface area contributed by atoms with E-state index in [-0.39, 0.29) is 6.04 Å². The van der Waals surface area contributed by atoms with E-state index in [2.05, 4.69) is 34.0 Å². The zero-order chi connectivity index (χ0) is 13.9. The summed E-state index contributed by atoms with van der Waals surface area (Å²) in [5.41, 5.74) is 2.58. The van der Waals surface area contributed by atoms with Gasteiger partial charge in [0.1, 0.15) is 0 Å². The minimum atomic E-state index is 0.146. The van der Waals surface area contributed by atoms with E-state index in [1.807, 2.05) is 29.7 Å². The fraction of sp³-hybridized carbons (Fsp3) is 0.267. The number of aromatic nitrogens is 4. The highest BCUT2D eigenvalue weighted by Crippen LogP contribution is 2.22. The average molecular weight is 268 g/mol. The van der Waals surface area contributed by atoms with Crippen LogP contribution in [0.2, 0.25) is 0 Å². The number of fused-ring (bicyclic) bond motifs is 1. The maximum absolute atomic E-state index is 5.41. The highest BCUT2D eigenvalue weighted by Gasteiger charge is 2.13. The van der Waals surface area contributed by atoms with Crippen LogP contribution in [-0.4, -0.2) is 26.1 Å². The minimum absolute atomic E-state index is 0.146. The number of ether oxygens (including phenoxy) is 1. The highest BCUT2D eigenvalue weighted by molar-refractivity contribution is 5.66. The number of rotatable bonds is 4. The minimum Gasteiger partial charge on any atom is -0.477 e. The Kier molecular flexibility index (Phi) is 3.33. The van der Waals surface area contributed by atoms with Crippen LogP contribution in [0.3, 0.4) is 0 Å². The molecule has 0 amide bonds. The van der Waals surface area contributed by atoms with Crippen molar-refractivity contribution in [1.29, 1.82) is 0 Å². The summed E-state index contributed by atoms with van der Waals surface area (Å²) < 4.78 is 7.42. The summed E-state index contributed by atoms with van der Waals surface area (Å²) in [6, 6.07) is 10.4. The molecule has 1 atom stereocenters. The van der Waals surface area contributed by atoms with Gasteiger partial charge in [0, 0.05) is 0 Å². The molecule has 0 bridgehead atoms. The first-order valence-corrected chi connectivity index (χ1v) is 6.67. The van der Waals surface area contributed by atoms with Crippen LogP contribution in [0.5, 0.6) is 5.88 Å². The van der Waals surface area contributed by atoms with Gasteiger partial charge in [0.15, 0.2) is 11.3 Å². The summed E-state index contributed by atoms with van der Waals surface area (Å²) in [7, 11) is 0. The quantitative estimate of drug-likeness (QED) is 0.730. The molecule has 2 heterocycles. The van der Waals surface area contributed by atoms with Gasteiger partial charge in [-0.15, -0.1) is 0 Å². The number of hydrogen-bond acceptors (Lipinski definition) is 4. The molecule has 5 nitrogen and oxygen atoms in total. The van der Waals surface area contributed by atoms with E-state index in [0.717, 1.165) is 5.65 Å². The van der Waals surface area contributed by atoms with E-state index in [0.29, 0.717) is 18.1 Å². The third kappa shape index (κ3) is 2.22. The molecule has 3 rings (SSSR count). The largest absolute Gasteiger partial charge is 0.477 e. The Morgan fingerprint density at radius 1 is 1.20 bits per heavy atom. The van der Waals surface area contributed by atoms with Crippen molar-refractivity contribution in [2.24, 2.45) is 0 Å². The van der Waals surface area contributed by atoms with Crippen LogP contribution in [0.4, 0.5) is 0 Å². The molecule has 0 N–H and O–H groups in total. The number of nitrogens with zero attached hydrogens (tertiary/aromatic N) is 4. The van der Waals surface area contributed by atoms with Crippen molar-refractivity contribution in [1.82, 2.24) is 19.5 Å². The summed E-state index contributed by atoms with van der Waals surface area (Å²) in [6.45, 7) is 4.61. The van der Waals surface area contributed by atoms with E-state index in [1.165, 1.54) is 5.56 Å². The Bertz CT molecular complexity index is 708. The van der Waals surface area contributed by atoms with E-state index < -0.39 is 0 Å². The Morgan fingerprint density at radius 3 is 2.75 bits per heavy atom. The Balaban J connectivity index is 2.05. The normalized spacial score (nSPS) is 12.5. The fourth-order valence-electron chi connectivity index (χ4n) is 2.19. The molecule has 0 spiro atoms. The van der Waals surface area contributed by atoms with Gasteiger partial charge in [-0.1, -0.05) is 30.3 Å². The summed E-state index contributed by atoms with van der Waals surface area (Å²) in [4.78, 5) is 13.1. The highest BCUT2D eigenvalue weighted by atomic mass is 16.5. The number of benzene rings is 1. The molecule has 0 radical (unpaired) electrons. The molecule has 0 aliphatic carbocycles. The van der Waals surface area contributed by atoms with E-state index >= 15 is 0 Å². The van der Waals surface area contributed by atoms with Gasteiger partial charge in [0.2, 0.25) is 5.88 Å². The van der Waals surface area contributed by atoms with Gasteiger partial charge in [-0.25, -0.2) is 9.97 Å². The topological polar surface area (TPSA) is 52.8 Å². The number of imidazole rings is 1. The van der Waals surface area contributed by atoms with E-state index in [4.69, 9.17) is 4.74 Å². The smallest absolute Gasteiger partial charge is 0.234 e. The molecule has 0 saturated carbocycles. The van der Waals surface area contributed by atoms with Crippen LogP contribution in [0.25, 0.3) is 11.3 Å². The van der Waals surface area contributed by atoms with E-state index in [9.17, 15) is 0 Å². The molecular formula is C15H16N4O. The van der Waals surface area contributed by atoms with Crippen molar-refractivity contribution in [2.45, 2.75) is 19.9 Å². The molecule has 0 unspecified atom stereocenters. The summed E-state index contributed by atoms with van der Waals surface area (Å²) in [6.07, 6.45) is 3.38. The zero-order valence-corrected chi connectivity index (χ0v) is 11.5. The van der Waals surface area contributed by atoms with Crippen LogP contribution in [0, 0.1) is 0 Å². The molecule has 3 aromatic rings. The van der Waals surface area contributed by atoms with Gasteiger partial charge in [-0.05, 0) is 19.4 Å². The monoisotopic (exact) mass is 268 g/mol. The fourth-order valence-corrected chi connectivity index (χ4v) is 2.19. The van der Waals surface area contributed by atoms with Gasteiger partial charge in [-0.3, -0.25) is 0 Å². The van der Waals surface area contributed by atoms with Crippen molar-refractivity contribution in [3.8, 4) is 5.88 Å². The van der Waals surface area contributed by atoms with Crippen LogP contribution < -0.4 is 4.74 Å². The van der Waals surface area contributed by atoms with Crippen LogP contribution in [0.15, 0.2) is 42.9 Å². The lowest BCUT2D eigenvalue weighted by atomic mass is 10.1. The maximum Gasteiger partial charge on any atom is 0.234 e. The standard InChI is InChI=1S/C15H16N4O/c1-3-20-13-9-16-14-15(18-13)19(10-17-14)11(2)12-7-5-4-6-8-12/h4-11H,3H2,1-2H3/t11-/m0/s1. The summed E-state index contributed by atoms with van der Waals surface area (Å²) >= 11 is 0. The molecule has 0 fully saturated rings. The molecule has 102 valence electrons. The second kappa shape index (κ2) is 5.28. The summed E-state index contributed by atoms with van der Waals surface area (Å²) in [5.74, 6) is 0.530. The molecular weight excluding hydrogens is 252 g/mol. The molecule has 0 aliphatic heterocycles. The molecule has 5 heteroatoms. The molecule has 1 aromatic carbocycles. The second-order valence-corrected chi connectivity index (χ2v) is 4.53. The molecule has 20 heavy (non-hydrogen) atoms. The first-order chi connectivity index (χ1) is 9.79. The lowest BCUT2D eigenvalue weighted by molar-refractivity contribution is 0.326. The summed E-state index contributed by atoms with van der Waals surface area (Å²) in [5, 5.41) is 0. The van der Waals surface area contributed by atoms with Gasteiger partial charge in [-0.2, -0.15) is 4.98 Å². The first kappa shape index (κ1) is 12.6. The van der Waals surface area contributed by atoms with E-state index in [1.54, 1.807) is 12.5 Å². The van der Waals surface area contributed by atoms with Gasteiger partial charge < -0.3 is 9.30 Å². The first-order valence-electron chi connectivity index (χ1n) is 6.67. The lowest BCUT2D eigenvalue weighted by Gasteiger charge is -2.14.